The summed E-state index contributed by atoms with van der Waals surface area (Å²) in [4.78, 5) is 41.4. The van der Waals surface area contributed by atoms with Crippen LogP contribution in [0.15, 0.2) is 12.1 Å². The fourth-order valence-electron chi connectivity index (χ4n) is 2.71. The van der Waals surface area contributed by atoms with Crippen LogP contribution < -0.4 is 9.64 Å². The summed E-state index contributed by atoms with van der Waals surface area (Å²) in [5.41, 5.74) is 0. The summed E-state index contributed by atoms with van der Waals surface area (Å²) in [6, 6.07) is 2.60. The van der Waals surface area contributed by atoms with Crippen LogP contribution in [0, 0.1) is 10.1 Å². The van der Waals surface area contributed by atoms with Gasteiger partial charge in [-0.15, -0.1) is 0 Å². The average Bonchev–Trinajstić information content (AvgIpc) is 2.57. The Morgan fingerprint density at radius 3 is 2.74 bits per heavy atom. The second-order valence-electron chi connectivity index (χ2n) is 5.46. The molecule has 0 atom stereocenters. The quantitative estimate of drug-likeness (QED) is 0.600. The molecule has 0 aliphatic carbocycles. The van der Waals surface area contributed by atoms with Crippen LogP contribution in [0.2, 0.25) is 0 Å². The van der Waals surface area contributed by atoms with Gasteiger partial charge < -0.3 is 19.8 Å². The van der Waals surface area contributed by atoms with Gasteiger partial charge in [-0.3, -0.25) is 14.5 Å². The van der Waals surface area contributed by atoms with Gasteiger partial charge in [-0.2, -0.15) is 0 Å². The number of carbonyl (C=O) groups excluding carboxylic acids is 2. The molecule has 0 unspecified atom stereocenters. The zero-order chi connectivity index (χ0) is 16.4. The Bertz CT molecular complexity index is 657. The van der Waals surface area contributed by atoms with Gasteiger partial charge in [0.25, 0.3) is 11.7 Å². The summed E-state index contributed by atoms with van der Waals surface area (Å²) < 4.78 is 5.23. The first-order chi connectivity index (χ1) is 11.1. The molecule has 0 bridgehead atoms. The van der Waals surface area contributed by atoms with Crippen LogP contribution in [0.25, 0.3) is 0 Å². The van der Waals surface area contributed by atoms with E-state index in [1.807, 2.05) is 0 Å². The number of anilines is 1. The van der Waals surface area contributed by atoms with Crippen molar-refractivity contribution in [1.29, 1.82) is 0 Å². The third-order valence-electron chi connectivity index (χ3n) is 3.92. The molecule has 1 aromatic heterocycles. The van der Waals surface area contributed by atoms with Crippen molar-refractivity contribution in [2.45, 2.75) is 19.3 Å². The lowest BCUT2D eigenvalue weighted by Crippen LogP contribution is -2.48. The number of hydrogen-bond donors (Lipinski definition) is 0. The number of ether oxygens (including phenoxy) is 1. The number of amides is 2. The van der Waals surface area contributed by atoms with Gasteiger partial charge in [-0.25, -0.2) is 0 Å². The molecule has 1 aromatic rings. The number of aromatic nitrogens is 1. The first-order valence-electron chi connectivity index (χ1n) is 7.42. The molecule has 1 saturated heterocycles. The van der Waals surface area contributed by atoms with Crippen LogP contribution in [0.4, 0.5) is 11.6 Å². The number of nitro groups is 1. The maximum atomic E-state index is 12.4. The van der Waals surface area contributed by atoms with E-state index in [4.69, 9.17) is 4.74 Å². The van der Waals surface area contributed by atoms with Gasteiger partial charge in [0.2, 0.25) is 5.91 Å². The van der Waals surface area contributed by atoms with Gasteiger partial charge in [0, 0.05) is 19.2 Å². The highest BCUT2D eigenvalue weighted by Crippen LogP contribution is 2.32. The fraction of sp³-hybridized carbons (Fsp3) is 0.500. The van der Waals surface area contributed by atoms with Crippen LogP contribution in [-0.2, 0) is 9.59 Å². The molecule has 0 spiro atoms. The van der Waals surface area contributed by atoms with Gasteiger partial charge >= 0.3 is 5.82 Å². The van der Waals surface area contributed by atoms with Crippen molar-refractivity contribution >= 4 is 23.5 Å². The molecule has 1 fully saturated rings. The monoisotopic (exact) mass is 320 g/mol. The number of rotatable bonds is 3. The zero-order valence-electron chi connectivity index (χ0n) is 12.4. The molecule has 0 radical (unpaired) electrons. The highest BCUT2D eigenvalue weighted by molar-refractivity contribution is 6.01. The van der Waals surface area contributed by atoms with Gasteiger partial charge in [0.15, 0.2) is 12.4 Å². The highest BCUT2D eigenvalue weighted by atomic mass is 16.6. The first kappa shape index (κ1) is 15.2. The van der Waals surface area contributed by atoms with Crippen molar-refractivity contribution in [2.24, 2.45) is 0 Å². The molecule has 0 N–H and O–H groups in total. The molecule has 2 aliphatic rings. The molecule has 23 heavy (non-hydrogen) atoms. The van der Waals surface area contributed by atoms with E-state index in [0.29, 0.717) is 13.1 Å². The van der Waals surface area contributed by atoms with Gasteiger partial charge in [0.1, 0.15) is 6.54 Å². The van der Waals surface area contributed by atoms with Gasteiger partial charge in [-0.05, 0) is 35.2 Å². The molecular weight excluding hydrogens is 304 g/mol. The topological polar surface area (TPSA) is 106 Å². The number of pyridine rings is 1. The Morgan fingerprint density at radius 1 is 1.30 bits per heavy atom. The van der Waals surface area contributed by atoms with Crippen molar-refractivity contribution in [2.75, 3.05) is 31.1 Å². The van der Waals surface area contributed by atoms with E-state index < -0.39 is 16.6 Å². The van der Waals surface area contributed by atoms with Crippen molar-refractivity contribution in [3.63, 3.8) is 0 Å². The minimum atomic E-state index is -0.649. The first-order valence-corrected chi connectivity index (χ1v) is 7.42. The number of fused-ring (bicyclic) bond motifs is 1. The Morgan fingerprint density at radius 2 is 2.04 bits per heavy atom. The van der Waals surface area contributed by atoms with Gasteiger partial charge in [-0.1, -0.05) is 0 Å². The highest BCUT2D eigenvalue weighted by Gasteiger charge is 2.34. The molecule has 122 valence electrons. The second-order valence-corrected chi connectivity index (χ2v) is 5.46. The van der Waals surface area contributed by atoms with Crippen LogP contribution in [0.3, 0.4) is 0 Å². The van der Waals surface area contributed by atoms with Crippen LogP contribution in [0.1, 0.15) is 19.3 Å². The SMILES string of the molecule is O=C(CN1C(=O)COc2ccc([N+](=O)[O-])nc21)N1CCCCC1. The smallest absolute Gasteiger partial charge is 0.366 e. The third kappa shape index (κ3) is 3.08. The number of likely N-dealkylation sites (tertiary alicyclic amines) is 1. The normalized spacial score (nSPS) is 17.5. The summed E-state index contributed by atoms with van der Waals surface area (Å²) in [6.45, 7) is 0.961. The standard InChI is InChI=1S/C14H16N4O5/c19-12(16-6-2-1-3-7-16)8-17-13(20)9-23-10-4-5-11(18(21)22)15-14(10)17/h4-5H,1-3,6-9H2. The molecule has 3 heterocycles. The van der Waals surface area contributed by atoms with Crippen molar-refractivity contribution in [3.8, 4) is 5.75 Å². The number of hydrogen-bond acceptors (Lipinski definition) is 6. The summed E-state index contributed by atoms with van der Waals surface area (Å²) in [5, 5.41) is 10.9. The lowest BCUT2D eigenvalue weighted by atomic mass is 10.1. The predicted octanol–water partition coefficient (Wildman–Crippen LogP) is 0.728. The average molecular weight is 320 g/mol. The van der Waals surface area contributed by atoms with E-state index >= 15 is 0 Å². The van der Waals surface area contributed by atoms with E-state index in [-0.39, 0.29) is 30.6 Å². The summed E-state index contributed by atoms with van der Waals surface area (Å²) >= 11 is 0. The van der Waals surface area contributed by atoms with Crippen LogP contribution >= 0.6 is 0 Å². The van der Waals surface area contributed by atoms with Crippen molar-refractivity contribution < 1.29 is 19.2 Å². The van der Waals surface area contributed by atoms with Crippen LogP contribution in [0.5, 0.6) is 5.75 Å². The molecular formula is C14H16N4O5. The van der Waals surface area contributed by atoms with Crippen molar-refractivity contribution in [1.82, 2.24) is 9.88 Å². The minimum Gasteiger partial charge on any atom is -0.477 e. The second kappa shape index (κ2) is 6.19. The number of piperidine rings is 1. The molecule has 9 nitrogen and oxygen atoms in total. The van der Waals surface area contributed by atoms with E-state index in [0.717, 1.165) is 19.3 Å². The fourth-order valence-corrected chi connectivity index (χ4v) is 2.71. The van der Waals surface area contributed by atoms with E-state index in [1.54, 1.807) is 4.90 Å². The Kier molecular flexibility index (Phi) is 4.09. The molecule has 0 aromatic carbocycles. The molecule has 2 aliphatic heterocycles. The third-order valence-corrected chi connectivity index (χ3v) is 3.92. The van der Waals surface area contributed by atoms with E-state index in [9.17, 15) is 19.7 Å². The Labute approximate surface area is 132 Å². The Balaban J connectivity index is 1.84. The molecule has 3 rings (SSSR count). The predicted molar refractivity (Wildman–Crippen MR) is 79.2 cm³/mol. The summed E-state index contributed by atoms with van der Waals surface area (Å²) in [7, 11) is 0. The summed E-state index contributed by atoms with van der Waals surface area (Å²) in [6.07, 6.45) is 2.99. The number of carbonyl (C=O) groups is 2. The molecule has 0 saturated carbocycles. The molecule has 9 heteroatoms. The maximum Gasteiger partial charge on any atom is 0.366 e. The van der Waals surface area contributed by atoms with E-state index in [1.165, 1.54) is 17.0 Å². The minimum absolute atomic E-state index is 0.0285. The Hall–Kier alpha value is -2.71. The lowest BCUT2D eigenvalue weighted by Gasteiger charge is -2.30. The summed E-state index contributed by atoms with van der Waals surface area (Å²) in [5.74, 6) is -0.713. The van der Waals surface area contributed by atoms with E-state index in [2.05, 4.69) is 4.98 Å². The maximum absolute atomic E-state index is 12.4. The van der Waals surface area contributed by atoms with Gasteiger partial charge in [0.05, 0.1) is 0 Å². The number of nitrogens with zero attached hydrogens (tertiary/aromatic N) is 4. The van der Waals surface area contributed by atoms with Crippen molar-refractivity contribution in [3.05, 3.63) is 22.2 Å². The lowest BCUT2D eigenvalue weighted by molar-refractivity contribution is -0.389. The zero-order valence-corrected chi connectivity index (χ0v) is 12.4. The largest absolute Gasteiger partial charge is 0.477 e. The van der Waals surface area contributed by atoms with Crippen LogP contribution in [-0.4, -0.2) is 52.9 Å². The molecule has 2 amide bonds.